The predicted octanol–water partition coefficient (Wildman–Crippen LogP) is 7.26. The summed E-state index contributed by atoms with van der Waals surface area (Å²) in [6, 6.07) is 19.6. The highest BCUT2D eigenvalue weighted by atomic mass is 16.3. The predicted molar refractivity (Wildman–Crippen MR) is 125 cm³/mol. The molecule has 5 rings (SSSR count). The molecule has 0 fully saturated rings. The van der Waals surface area contributed by atoms with Crippen molar-refractivity contribution in [3.63, 3.8) is 0 Å². The van der Waals surface area contributed by atoms with Crippen molar-refractivity contribution in [3.05, 3.63) is 83.4 Å². The molecule has 31 heavy (non-hydrogen) atoms. The van der Waals surface area contributed by atoms with Gasteiger partial charge in [-0.25, -0.2) is 0 Å². The van der Waals surface area contributed by atoms with E-state index >= 15 is 0 Å². The van der Waals surface area contributed by atoms with Crippen LogP contribution in [0.25, 0.3) is 44.5 Å². The Hall–Kier alpha value is -3.53. The molecule has 0 saturated carbocycles. The quantitative estimate of drug-likeness (QED) is 0.209. The van der Waals surface area contributed by atoms with E-state index in [1.807, 2.05) is 60.7 Å². The van der Waals surface area contributed by atoms with Gasteiger partial charge in [-0.05, 0) is 67.1 Å². The molecule has 0 spiro atoms. The Morgan fingerprint density at radius 2 is 1.32 bits per heavy atom. The zero-order chi connectivity index (χ0) is 21.2. The fraction of sp³-hybridized carbons (Fsp3) is 0.222. The molecule has 4 heteroatoms. The molecule has 0 radical (unpaired) electrons. The summed E-state index contributed by atoms with van der Waals surface area (Å²) in [5.74, 6) is 1.53. The lowest BCUT2D eigenvalue weighted by Gasteiger charge is -2.16. The van der Waals surface area contributed by atoms with Crippen molar-refractivity contribution in [2.45, 2.75) is 39.2 Å². The second-order valence-corrected chi connectivity index (χ2v) is 7.96. The molecular weight excluding hydrogens is 386 g/mol. The van der Waals surface area contributed by atoms with E-state index in [4.69, 9.17) is 8.83 Å². The number of fused-ring (bicyclic) bond motifs is 2. The number of rotatable bonds is 7. The Balaban J connectivity index is 1.73. The summed E-state index contributed by atoms with van der Waals surface area (Å²) in [4.78, 5) is 13.6. The number of aryl methyl sites for hydroxylation is 1. The normalized spacial score (nSPS) is 11.5. The summed E-state index contributed by atoms with van der Waals surface area (Å²) < 4.78 is 13.4. The van der Waals surface area contributed by atoms with E-state index < -0.39 is 0 Å². The SMILES string of the molecule is CCCCCCn1c2ccc(-c3ccco3)cc2c(=O)c2cc(-c3ccco3)ccc21. The lowest BCUT2D eigenvalue weighted by atomic mass is 10.0. The van der Waals surface area contributed by atoms with Crippen LogP contribution in [0.1, 0.15) is 32.6 Å². The van der Waals surface area contributed by atoms with Gasteiger partial charge >= 0.3 is 0 Å². The van der Waals surface area contributed by atoms with Crippen LogP contribution in [-0.4, -0.2) is 4.57 Å². The number of pyridine rings is 1. The first-order valence-corrected chi connectivity index (χ1v) is 10.9. The van der Waals surface area contributed by atoms with Crippen molar-refractivity contribution < 1.29 is 8.83 Å². The molecule has 0 amide bonds. The Kier molecular flexibility index (Phi) is 5.21. The topological polar surface area (TPSA) is 48.3 Å². The van der Waals surface area contributed by atoms with Crippen molar-refractivity contribution >= 4 is 21.8 Å². The smallest absolute Gasteiger partial charge is 0.197 e. The first-order valence-electron chi connectivity index (χ1n) is 10.9. The minimum absolute atomic E-state index is 0.0385. The third kappa shape index (κ3) is 3.59. The summed E-state index contributed by atoms with van der Waals surface area (Å²) in [6.07, 6.45) is 8.00. The molecule has 0 aliphatic heterocycles. The van der Waals surface area contributed by atoms with Gasteiger partial charge in [-0.2, -0.15) is 0 Å². The van der Waals surface area contributed by atoms with E-state index in [2.05, 4.69) is 11.5 Å². The highest BCUT2D eigenvalue weighted by Crippen LogP contribution is 2.29. The number of furan rings is 2. The molecular formula is C27H25NO3. The van der Waals surface area contributed by atoms with Gasteiger partial charge in [0.2, 0.25) is 0 Å². The van der Waals surface area contributed by atoms with Crippen LogP contribution in [0.5, 0.6) is 0 Å². The van der Waals surface area contributed by atoms with E-state index in [0.29, 0.717) is 10.8 Å². The van der Waals surface area contributed by atoms with Crippen LogP contribution >= 0.6 is 0 Å². The van der Waals surface area contributed by atoms with Gasteiger partial charge in [0.05, 0.1) is 23.6 Å². The maximum absolute atomic E-state index is 13.6. The van der Waals surface area contributed by atoms with Crippen LogP contribution < -0.4 is 5.43 Å². The largest absolute Gasteiger partial charge is 0.464 e. The maximum Gasteiger partial charge on any atom is 0.197 e. The molecule has 0 atom stereocenters. The van der Waals surface area contributed by atoms with Crippen molar-refractivity contribution in [2.75, 3.05) is 0 Å². The van der Waals surface area contributed by atoms with Gasteiger partial charge in [0.1, 0.15) is 11.5 Å². The van der Waals surface area contributed by atoms with Crippen LogP contribution in [-0.2, 0) is 6.54 Å². The van der Waals surface area contributed by atoms with Gasteiger partial charge in [0.15, 0.2) is 5.43 Å². The lowest BCUT2D eigenvalue weighted by Crippen LogP contribution is -2.12. The maximum atomic E-state index is 13.6. The van der Waals surface area contributed by atoms with E-state index in [9.17, 15) is 4.79 Å². The Morgan fingerprint density at radius 1 is 0.742 bits per heavy atom. The second kappa shape index (κ2) is 8.31. The monoisotopic (exact) mass is 411 g/mol. The minimum atomic E-state index is 0.0385. The molecule has 2 aromatic carbocycles. The third-order valence-corrected chi connectivity index (χ3v) is 5.91. The van der Waals surface area contributed by atoms with Gasteiger partial charge < -0.3 is 13.4 Å². The molecule has 0 unspecified atom stereocenters. The Labute approximate surface area is 180 Å². The van der Waals surface area contributed by atoms with Gasteiger partial charge in [0.25, 0.3) is 0 Å². The van der Waals surface area contributed by atoms with Gasteiger partial charge in [-0.3, -0.25) is 4.79 Å². The van der Waals surface area contributed by atoms with Gasteiger partial charge in [0, 0.05) is 28.4 Å². The van der Waals surface area contributed by atoms with Crippen molar-refractivity contribution in [1.82, 2.24) is 4.57 Å². The number of hydrogen-bond acceptors (Lipinski definition) is 3. The molecule has 3 aromatic heterocycles. The average Bonchev–Trinajstić information content (AvgIpc) is 3.52. The number of benzene rings is 2. The first kappa shape index (κ1) is 19.4. The summed E-state index contributed by atoms with van der Waals surface area (Å²) in [5, 5.41) is 1.43. The molecule has 4 nitrogen and oxygen atoms in total. The van der Waals surface area contributed by atoms with Crippen molar-refractivity contribution in [2.24, 2.45) is 0 Å². The van der Waals surface area contributed by atoms with Crippen LogP contribution in [0.3, 0.4) is 0 Å². The highest BCUT2D eigenvalue weighted by molar-refractivity contribution is 5.96. The molecule has 0 bridgehead atoms. The molecule has 3 heterocycles. The van der Waals surface area contributed by atoms with Crippen LogP contribution in [0.4, 0.5) is 0 Å². The number of aromatic nitrogens is 1. The zero-order valence-corrected chi connectivity index (χ0v) is 17.6. The van der Waals surface area contributed by atoms with Crippen LogP contribution in [0.15, 0.2) is 86.8 Å². The molecule has 0 N–H and O–H groups in total. The van der Waals surface area contributed by atoms with Crippen molar-refractivity contribution in [1.29, 1.82) is 0 Å². The Morgan fingerprint density at radius 3 is 1.81 bits per heavy atom. The highest BCUT2D eigenvalue weighted by Gasteiger charge is 2.14. The average molecular weight is 412 g/mol. The van der Waals surface area contributed by atoms with E-state index in [1.54, 1.807) is 12.5 Å². The third-order valence-electron chi connectivity index (χ3n) is 5.91. The molecule has 156 valence electrons. The molecule has 5 aromatic rings. The molecule has 0 saturated heterocycles. The van der Waals surface area contributed by atoms with Gasteiger partial charge in [-0.15, -0.1) is 0 Å². The van der Waals surface area contributed by atoms with E-state index in [0.717, 1.165) is 46.6 Å². The Bertz CT molecular complexity index is 1280. The van der Waals surface area contributed by atoms with Gasteiger partial charge in [-0.1, -0.05) is 26.2 Å². The van der Waals surface area contributed by atoms with Crippen LogP contribution in [0, 0.1) is 0 Å². The van der Waals surface area contributed by atoms with Crippen LogP contribution in [0.2, 0.25) is 0 Å². The molecule has 0 aliphatic rings. The number of hydrogen-bond donors (Lipinski definition) is 0. The summed E-state index contributed by atoms with van der Waals surface area (Å²) in [7, 11) is 0. The fourth-order valence-corrected chi connectivity index (χ4v) is 4.31. The summed E-state index contributed by atoms with van der Waals surface area (Å²) >= 11 is 0. The van der Waals surface area contributed by atoms with E-state index in [1.165, 1.54) is 19.3 Å². The second-order valence-electron chi connectivity index (χ2n) is 7.96. The standard InChI is InChI=1S/C27H25NO3/c1-2-3-4-5-14-28-23-12-10-19(25-8-6-15-30-25)17-21(23)27(29)22-18-20(11-13-24(22)28)26-9-7-16-31-26/h6-13,15-18H,2-5,14H2,1H3. The fourth-order valence-electron chi connectivity index (χ4n) is 4.31. The minimum Gasteiger partial charge on any atom is -0.464 e. The molecule has 0 aliphatic carbocycles. The first-order chi connectivity index (χ1) is 15.3. The number of unbranched alkanes of at least 4 members (excludes halogenated alkanes) is 3. The summed E-state index contributed by atoms with van der Waals surface area (Å²) in [5.41, 5.74) is 3.80. The van der Waals surface area contributed by atoms with E-state index in [-0.39, 0.29) is 5.43 Å². The number of nitrogens with zero attached hydrogens (tertiary/aromatic N) is 1. The van der Waals surface area contributed by atoms with Crippen molar-refractivity contribution in [3.8, 4) is 22.6 Å². The summed E-state index contributed by atoms with van der Waals surface area (Å²) in [6.45, 7) is 3.10. The lowest BCUT2D eigenvalue weighted by molar-refractivity contribution is 0.582. The zero-order valence-electron chi connectivity index (χ0n) is 17.6.